The lowest BCUT2D eigenvalue weighted by atomic mass is 9.71. The Kier molecular flexibility index (Phi) is 5.16. The number of pyridine rings is 1. The van der Waals surface area contributed by atoms with E-state index < -0.39 is 5.97 Å². The van der Waals surface area contributed by atoms with Crippen molar-refractivity contribution in [3.63, 3.8) is 0 Å². The maximum absolute atomic E-state index is 11.4. The van der Waals surface area contributed by atoms with Crippen LogP contribution in [-0.4, -0.2) is 16.1 Å². The molecule has 3 unspecified atom stereocenters. The molecular weight excluding hydrogens is 250 g/mol. The SMILES string of the molecule is CCc1ccc(CC2CC(CC)CCC2C(=O)O)nc1. The van der Waals surface area contributed by atoms with Crippen molar-refractivity contribution in [3.05, 3.63) is 29.6 Å². The average Bonchev–Trinajstić information content (AvgIpc) is 2.47. The van der Waals surface area contributed by atoms with Gasteiger partial charge in [0, 0.05) is 11.9 Å². The summed E-state index contributed by atoms with van der Waals surface area (Å²) in [5, 5.41) is 9.41. The van der Waals surface area contributed by atoms with Crippen LogP contribution in [0.3, 0.4) is 0 Å². The summed E-state index contributed by atoms with van der Waals surface area (Å²) < 4.78 is 0. The monoisotopic (exact) mass is 275 g/mol. The van der Waals surface area contributed by atoms with Gasteiger partial charge in [0.2, 0.25) is 0 Å². The van der Waals surface area contributed by atoms with Crippen molar-refractivity contribution in [2.45, 2.75) is 52.4 Å². The predicted octanol–water partition coefficient (Wildman–Crippen LogP) is 3.71. The van der Waals surface area contributed by atoms with Gasteiger partial charge in [0.05, 0.1) is 5.92 Å². The number of aryl methyl sites for hydroxylation is 1. The summed E-state index contributed by atoms with van der Waals surface area (Å²) in [5.74, 6) is 0.108. The first-order valence-electron chi connectivity index (χ1n) is 7.80. The van der Waals surface area contributed by atoms with Crippen molar-refractivity contribution in [2.24, 2.45) is 17.8 Å². The lowest BCUT2D eigenvalue weighted by molar-refractivity contribution is -0.145. The van der Waals surface area contributed by atoms with E-state index in [0.717, 1.165) is 44.2 Å². The van der Waals surface area contributed by atoms with Gasteiger partial charge in [-0.05, 0) is 55.6 Å². The van der Waals surface area contributed by atoms with Crippen LogP contribution < -0.4 is 0 Å². The minimum atomic E-state index is -0.630. The molecule has 0 bridgehead atoms. The molecule has 1 saturated carbocycles. The zero-order chi connectivity index (χ0) is 14.5. The average molecular weight is 275 g/mol. The van der Waals surface area contributed by atoms with Crippen molar-refractivity contribution in [2.75, 3.05) is 0 Å². The maximum Gasteiger partial charge on any atom is 0.306 e. The molecule has 1 aliphatic rings. The lowest BCUT2D eigenvalue weighted by Crippen LogP contribution is -2.32. The summed E-state index contributed by atoms with van der Waals surface area (Å²) in [6.45, 7) is 4.32. The maximum atomic E-state index is 11.4. The number of aromatic nitrogens is 1. The Labute approximate surface area is 121 Å². The fourth-order valence-electron chi connectivity index (χ4n) is 3.34. The number of carboxylic acid groups (broad SMARTS) is 1. The summed E-state index contributed by atoms with van der Waals surface area (Å²) in [4.78, 5) is 15.9. The topological polar surface area (TPSA) is 50.2 Å². The van der Waals surface area contributed by atoms with Gasteiger partial charge >= 0.3 is 5.97 Å². The third kappa shape index (κ3) is 3.59. The zero-order valence-corrected chi connectivity index (χ0v) is 12.5. The molecule has 0 saturated heterocycles. The zero-order valence-electron chi connectivity index (χ0n) is 12.5. The van der Waals surface area contributed by atoms with E-state index in [1.165, 1.54) is 5.56 Å². The Bertz CT molecular complexity index is 441. The molecule has 20 heavy (non-hydrogen) atoms. The highest BCUT2D eigenvalue weighted by atomic mass is 16.4. The Balaban J connectivity index is 2.07. The van der Waals surface area contributed by atoms with Gasteiger partial charge in [-0.15, -0.1) is 0 Å². The molecule has 1 aromatic rings. The van der Waals surface area contributed by atoms with Gasteiger partial charge in [-0.2, -0.15) is 0 Å². The second kappa shape index (κ2) is 6.87. The summed E-state index contributed by atoms with van der Waals surface area (Å²) in [6, 6.07) is 4.17. The molecule has 1 fully saturated rings. The van der Waals surface area contributed by atoms with E-state index in [2.05, 4.69) is 31.0 Å². The van der Waals surface area contributed by atoms with E-state index in [0.29, 0.717) is 5.92 Å². The Morgan fingerprint density at radius 1 is 1.35 bits per heavy atom. The van der Waals surface area contributed by atoms with E-state index in [4.69, 9.17) is 0 Å². The van der Waals surface area contributed by atoms with Crippen molar-refractivity contribution >= 4 is 5.97 Å². The molecule has 110 valence electrons. The van der Waals surface area contributed by atoms with Crippen LogP contribution in [0.25, 0.3) is 0 Å². The van der Waals surface area contributed by atoms with Gasteiger partial charge in [-0.1, -0.05) is 26.3 Å². The second-order valence-electron chi connectivity index (χ2n) is 6.01. The van der Waals surface area contributed by atoms with Gasteiger partial charge in [0.1, 0.15) is 0 Å². The first-order valence-corrected chi connectivity index (χ1v) is 7.80. The third-order valence-electron chi connectivity index (χ3n) is 4.75. The van der Waals surface area contributed by atoms with Gasteiger partial charge in [0.25, 0.3) is 0 Å². The van der Waals surface area contributed by atoms with Crippen LogP contribution in [0.4, 0.5) is 0 Å². The highest BCUT2D eigenvalue weighted by Gasteiger charge is 2.34. The van der Waals surface area contributed by atoms with Gasteiger partial charge in [-0.3, -0.25) is 9.78 Å². The number of carboxylic acids is 1. The smallest absolute Gasteiger partial charge is 0.306 e. The molecule has 0 spiro atoms. The minimum Gasteiger partial charge on any atom is -0.481 e. The number of nitrogens with zero attached hydrogens (tertiary/aromatic N) is 1. The Hall–Kier alpha value is -1.38. The number of carbonyl (C=O) groups is 1. The molecule has 0 radical (unpaired) electrons. The molecular formula is C17H25NO2. The first-order chi connectivity index (χ1) is 9.63. The molecule has 1 heterocycles. The van der Waals surface area contributed by atoms with Gasteiger partial charge in [0.15, 0.2) is 0 Å². The molecule has 1 aromatic heterocycles. The number of aliphatic carboxylic acids is 1. The van der Waals surface area contributed by atoms with Crippen LogP contribution in [0, 0.1) is 17.8 Å². The van der Waals surface area contributed by atoms with Gasteiger partial charge in [-0.25, -0.2) is 0 Å². The van der Waals surface area contributed by atoms with Crippen LogP contribution in [0.15, 0.2) is 18.3 Å². The van der Waals surface area contributed by atoms with Gasteiger partial charge < -0.3 is 5.11 Å². The number of rotatable bonds is 5. The molecule has 0 aliphatic heterocycles. The number of hydrogen-bond acceptors (Lipinski definition) is 2. The normalized spacial score (nSPS) is 26.4. The fourth-order valence-corrected chi connectivity index (χ4v) is 3.34. The third-order valence-corrected chi connectivity index (χ3v) is 4.75. The van der Waals surface area contributed by atoms with Crippen LogP contribution in [0.1, 0.15) is 50.8 Å². The van der Waals surface area contributed by atoms with Crippen molar-refractivity contribution in [1.29, 1.82) is 0 Å². The molecule has 0 amide bonds. The largest absolute Gasteiger partial charge is 0.481 e. The standard InChI is InChI=1S/C17H25NO2/c1-3-12-6-8-16(17(19)20)14(9-12)10-15-7-5-13(4-2)11-18-15/h5,7,11-12,14,16H,3-4,6,8-10H2,1-2H3,(H,19,20). The minimum absolute atomic E-state index is 0.189. The first kappa shape index (κ1) is 15.0. The number of hydrogen-bond donors (Lipinski definition) is 1. The van der Waals surface area contributed by atoms with E-state index in [1.54, 1.807) is 0 Å². The van der Waals surface area contributed by atoms with Crippen LogP contribution in [0.2, 0.25) is 0 Å². The predicted molar refractivity (Wildman–Crippen MR) is 79.6 cm³/mol. The van der Waals surface area contributed by atoms with Crippen LogP contribution >= 0.6 is 0 Å². The molecule has 3 atom stereocenters. The highest BCUT2D eigenvalue weighted by molar-refractivity contribution is 5.70. The van der Waals surface area contributed by atoms with Crippen LogP contribution in [-0.2, 0) is 17.6 Å². The molecule has 3 heteroatoms. The molecule has 1 aliphatic carbocycles. The van der Waals surface area contributed by atoms with E-state index in [-0.39, 0.29) is 11.8 Å². The van der Waals surface area contributed by atoms with Crippen molar-refractivity contribution in [3.8, 4) is 0 Å². The molecule has 0 aromatic carbocycles. The summed E-state index contributed by atoms with van der Waals surface area (Å²) >= 11 is 0. The van der Waals surface area contributed by atoms with E-state index in [1.807, 2.05) is 6.20 Å². The quantitative estimate of drug-likeness (QED) is 0.891. The highest BCUT2D eigenvalue weighted by Crippen LogP contribution is 2.37. The van der Waals surface area contributed by atoms with Crippen molar-refractivity contribution in [1.82, 2.24) is 4.98 Å². The lowest BCUT2D eigenvalue weighted by Gasteiger charge is -2.33. The van der Waals surface area contributed by atoms with Crippen molar-refractivity contribution < 1.29 is 9.90 Å². The Morgan fingerprint density at radius 2 is 2.15 bits per heavy atom. The van der Waals surface area contributed by atoms with Crippen LogP contribution in [0.5, 0.6) is 0 Å². The summed E-state index contributed by atoms with van der Waals surface area (Å²) in [6.07, 6.45) is 7.79. The van der Waals surface area contributed by atoms with E-state index in [9.17, 15) is 9.90 Å². The van der Waals surface area contributed by atoms with E-state index >= 15 is 0 Å². The molecule has 1 N–H and O–H groups in total. The summed E-state index contributed by atoms with van der Waals surface area (Å²) in [5.41, 5.74) is 2.27. The fraction of sp³-hybridized carbons (Fsp3) is 0.647. The molecule has 3 nitrogen and oxygen atoms in total. The summed E-state index contributed by atoms with van der Waals surface area (Å²) in [7, 11) is 0. The Morgan fingerprint density at radius 3 is 2.70 bits per heavy atom. The second-order valence-corrected chi connectivity index (χ2v) is 6.01. The molecule has 2 rings (SSSR count).